The minimum Gasteiger partial charge on any atom is -0.381 e. The molecule has 0 radical (unpaired) electrons. The highest BCUT2D eigenvalue weighted by Crippen LogP contribution is 2.45. The topological polar surface area (TPSA) is 58.6 Å². The number of carbonyl (C=O) groups is 1. The van der Waals surface area contributed by atoms with Gasteiger partial charge in [-0.3, -0.25) is 4.79 Å². The maximum atomic E-state index is 14.6. The highest BCUT2D eigenvalue weighted by molar-refractivity contribution is 5.84. The molecule has 0 spiro atoms. The summed E-state index contributed by atoms with van der Waals surface area (Å²) >= 11 is 0. The predicted molar refractivity (Wildman–Crippen MR) is 88.3 cm³/mol. The highest BCUT2D eigenvalue weighted by Gasteiger charge is 2.55. The number of aromatic nitrogens is 2. The van der Waals surface area contributed by atoms with Crippen LogP contribution in [0.15, 0.2) is 0 Å². The molecule has 7 heteroatoms. The van der Waals surface area contributed by atoms with Gasteiger partial charge in [0.25, 0.3) is 0 Å². The van der Waals surface area contributed by atoms with Crippen molar-refractivity contribution in [1.29, 1.82) is 0 Å². The van der Waals surface area contributed by atoms with Gasteiger partial charge in [-0.1, -0.05) is 0 Å². The van der Waals surface area contributed by atoms with Gasteiger partial charge in [-0.15, -0.1) is 0 Å². The summed E-state index contributed by atoms with van der Waals surface area (Å²) in [5.74, 6) is 0.639. The van der Waals surface area contributed by atoms with Crippen LogP contribution in [0.25, 0.3) is 0 Å². The molecule has 2 aliphatic heterocycles. The fourth-order valence-electron chi connectivity index (χ4n) is 3.88. The molecular formula is C17H25FN4O2. The Hall–Kier alpha value is -1.76. The van der Waals surface area contributed by atoms with Crippen molar-refractivity contribution in [3.05, 3.63) is 17.3 Å². The first-order valence-corrected chi connectivity index (χ1v) is 8.48. The van der Waals surface area contributed by atoms with E-state index in [1.54, 1.807) is 18.7 Å². The lowest BCUT2D eigenvalue weighted by atomic mass is 9.73. The molecule has 0 saturated carbocycles. The van der Waals surface area contributed by atoms with Crippen LogP contribution < -0.4 is 4.90 Å². The number of fused-ring (bicyclic) bond motifs is 1. The van der Waals surface area contributed by atoms with Crippen molar-refractivity contribution < 1.29 is 13.9 Å². The average Bonchev–Trinajstić information content (AvgIpc) is 2.97. The summed E-state index contributed by atoms with van der Waals surface area (Å²) in [6, 6.07) is 0. The molecule has 2 aliphatic rings. The Bertz CT molecular complexity index is 654. The number of carbonyl (C=O) groups excluding carboxylic acids is 1. The van der Waals surface area contributed by atoms with Crippen molar-refractivity contribution in [2.45, 2.75) is 27.2 Å². The van der Waals surface area contributed by atoms with Crippen LogP contribution in [0.1, 0.15) is 24.9 Å². The number of rotatable bonds is 3. The van der Waals surface area contributed by atoms with Crippen molar-refractivity contribution in [2.24, 2.45) is 11.3 Å². The highest BCUT2D eigenvalue weighted by atomic mass is 19.1. The zero-order valence-corrected chi connectivity index (χ0v) is 14.8. The molecule has 1 amide bonds. The van der Waals surface area contributed by atoms with Crippen LogP contribution in [0.3, 0.4) is 0 Å². The molecule has 24 heavy (non-hydrogen) atoms. The predicted octanol–water partition coefficient (Wildman–Crippen LogP) is 1.55. The van der Waals surface area contributed by atoms with Crippen LogP contribution in [0, 0.1) is 31.0 Å². The quantitative estimate of drug-likeness (QED) is 0.838. The molecule has 0 bridgehead atoms. The van der Waals surface area contributed by atoms with E-state index in [-0.39, 0.29) is 11.8 Å². The zero-order chi connectivity index (χ0) is 17.5. The van der Waals surface area contributed by atoms with Crippen LogP contribution >= 0.6 is 0 Å². The lowest BCUT2D eigenvalue weighted by Crippen LogP contribution is -2.51. The van der Waals surface area contributed by atoms with Gasteiger partial charge < -0.3 is 14.5 Å². The molecule has 0 aliphatic carbocycles. The summed E-state index contributed by atoms with van der Waals surface area (Å²) in [6.07, 6.45) is 0.669. The summed E-state index contributed by atoms with van der Waals surface area (Å²) in [4.78, 5) is 25.1. The van der Waals surface area contributed by atoms with Gasteiger partial charge in [0.1, 0.15) is 5.82 Å². The summed E-state index contributed by atoms with van der Waals surface area (Å²) in [6.45, 7) is 8.19. The molecule has 3 heterocycles. The third-order valence-electron chi connectivity index (χ3n) is 5.36. The lowest BCUT2D eigenvalue weighted by Gasteiger charge is -2.39. The average molecular weight is 336 g/mol. The van der Waals surface area contributed by atoms with E-state index in [2.05, 4.69) is 9.97 Å². The summed E-state index contributed by atoms with van der Waals surface area (Å²) < 4.78 is 20.2. The number of hydrogen-bond acceptors (Lipinski definition) is 5. The van der Waals surface area contributed by atoms with Crippen LogP contribution in [-0.4, -0.2) is 60.7 Å². The third-order valence-corrected chi connectivity index (χ3v) is 5.36. The van der Waals surface area contributed by atoms with E-state index in [1.165, 1.54) is 0 Å². The zero-order valence-electron chi connectivity index (χ0n) is 14.8. The lowest BCUT2D eigenvalue weighted by molar-refractivity contribution is -0.148. The third kappa shape index (κ3) is 2.64. The molecule has 132 valence electrons. The Balaban J connectivity index is 1.96. The number of nitrogens with zero attached hydrogens (tertiary/aromatic N) is 4. The van der Waals surface area contributed by atoms with Crippen LogP contribution in [0.2, 0.25) is 0 Å². The van der Waals surface area contributed by atoms with Gasteiger partial charge >= 0.3 is 0 Å². The van der Waals surface area contributed by atoms with E-state index in [4.69, 9.17) is 4.74 Å². The van der Waals surface area contributed by atoms with E-state index < -0.39 is 11.2 Å². The van der Waals surface area contributed by atoms with Crippen LogP contribution in [0.4, 0.5) is 10.2 Å². The first kappa shape index (κ1) is 17.1. The van der Waals surface area contributed by atoms with Gasteiger partial charge in [0, 0.05) is 39.2 Å². The van der Waals surface area contributed by atoms with Gasteiger partial charge in [0.05, 0.1) is 17.7 Å². The van der Waals surface area contributed by atoms with Crippen molar-refractivity contribution in [3.8, 4) is 0 Å². The number of hydrogen-bond donors (Lipinski definition) is 0. The number of aryl methyl sites for hydroxylation is 2. The summed E-state index contributed by atoms with van der Waals surface area (Å²) in [7, 11) is 1.83. The molecule has 6 nitrogen and oxygen atoms in total. The largest absolute Gasteiger partial charge is 0.381 e. The smallest absolute Gasteiger partial charge is 0.230 e. The number of ether oxygens (including phenoxy) is 1. The Morgan fingerprint density at radius 2 is 2.21 bits per heavy atom. The standard InChI is InChI=1S/C17H25FN4O2/c1-5-21(4)16(23)17-6-7-24-9-13(17)8-22(10-17)15-14(18)11(2)19-12(3)20-15/h13H,5-10H2,1-4H3. The van der Waals surface area contributed by atoms with Gasteiger partial charge in [0.2, 0.25) is 5.91 Å². The van der Waals surface area contributed by atoms with Gasteiger partial charge in [0.15, 0.2) is 11.6 Å². The molecule has 1 aromatic heterocycles. The molecule has 2 saturated heterocycles. The molecule has 1 aromatic rings. The molecule has 3 rings (SSSR count). The maximum absolute atomic E-state index is 14.6. The van der Waals surface area contributed by atoms with Crippen molar-refractivity contribution in [3.63, 3.8) is 0 Å². The minimum absolute atomic E-state index is 0.0581. The molecule has 2 fully saturated rings. The monoisotopic (exact) mass is 336 g/mol. The van der Waals surface area contributed by atoms with Crippen molar-refractivity contribution in [1.82, 2.24) is 14.9 Å². The van der Waals surface area contributed by atoms with E-state index in [9.17, 15) is 9.18 Å². The second-order valence-electron chi connectivity index (χ2n) is 6.87. The fraction of sp³-hybridized carbons (Fsp3) is 0.706. The molecule has 2 atom stereocenters. The van der Waals surface area contributed by atoms with E-state index in [1.807, 2.05) is 18.9 Å². The van der Waals surface area contributed by atoms with E-state index >= 15 is 0 Å². The Labute approximate surface area is 142 Å². The first-order valence-electron chi connectivity index (χ1n) is 8.48. The Morgan fingerprint density at radius 1 is 1.46 bits per heavy atom. The fourth-order valence-corrected chi connectivity index (χ4v) is 3.88. The molecule has 0 aromatic carbocycles. The number of halogens is 1. The van der Waals surface area contributed by atoms with Crippen molar-refractivity contribution >= 4 is 11.7 Å². The first-order chi connectivity index (χ1) is 11.4. The van der Waals surface area contributed by atoms with Gasteiger partial charge in [-0.05, 0) is 27.2 Å². The molecular weight excluding hydrogens is 311 g/mol. The normalized spacial score (nSPS) is 26.4. The second-order valence-corrected chi connectivity index (χ2v) is 6.87. The Morgan fingerprint density at radius 3 is 2.92 bits per heavy atom. The van der Waals surface area contributed by atoms with Crippen LogP contribution in [0.5, 0.6) is 0 Å². The molecule has 0 N–H and O–H groups in total. The number of anilines is 1. The SMILES string of the molecule is CCN(C)C(=O)C12CCOCC1CN(c1nc(C)nc(C)c1F)C2. The van der Waals surface area contributed by atoms with Gasteiger partial charge in [-0.2, -0.15) is 0 Å². The van der Waals surface area contributed by atoms with Gasteiger partial charge in [-0.25, -0.2) is 14.4 Å². The van der Waals surface area contributed by atoms with E-state index in [0.717, 1.165) is 0 Å². The minimum atomic E-state index is -0.512. The Kier molecular flexibility index (Phi) is 4.46. The summed E-state index contributed by atoms with van der Waals surface area (Å²) in [5, 5.41) is 0. The number of amides is 1. The molecule has 2 unspecified atom stereocenters. The summed E-state index contributed by atoms with van der Waals surface area (Å²) in [5.41, 5.74) is -0.169. The second kappa shape index (κ2) is 6.27. The van der Waals surface area contributed by atoms with Crippen molar-refractivity contribution in [2.75, 3.05) is 44.8 Å². The maximum Gasteiger partial charge on any atom is 0.230 e. The van der Waals surface area contributed by atoms with Crippen LogP contribution in [-0.2, 0) is 9.53 Å². The van der Waals surface area contributed by atoms with E-state index in [0.29, 0.717) is 56.6 Å².